The van der Waals surface area contributed by atoms with Gasteiger partial charge in [0, 0.05) is 18.8 Å². The highest BCUT2D eigenvalue weighted by Gasteiger charge is 2.39. The predicted molar refractivity (Wildman–Crippen MR) is 105 cm³/mol. The summed E-state index contributed by atoms with van der Waals surface area (Å²) in [6.45, 7) is 0.0955. The third-order valence-corrected chi connectivity index (χ3v) is 5.12. The van der Waals surface area contributed by atoms with Crippen molar-refractivity contribution in [2.75, 3.05) is 6.61 Å². The number of ketones is 1. The minimum atomic E-state index is -0.831. The number of benzene rings is 1. The highest BCUT2D eigenvalue weighted by Crippen LogP contribution is 2.34. The summed E-state index contributed by atoms with van der Waals surface area (Å²) in [4.78, 5) is 22.7. The minimum absolute atomic E-state index is 0.00388. The lowest BCUT2D eigenvalue weighted by Crippen LogP contribution is -2.20. The van der Waals surface area contributed by atoms with Crippen molar-refractivity contribution >= 4 is 11.8 Å². The van der Waals surface area contributed by atoms with E-state index in [-0.39, 0.29) is 37.1 Å². The Balaban J connectivity index is 1.77. The van der Waals surface area contributed by atoms with Crippen molar-refractivity contribution in [3.05, 3.63) is 42.5 Å². The molecule has 0 saturated heterocycles. The Morgan fingerprint density at radius 3 is 2.61 bits per heavy atom. The van der Waals surface area contributed by atoms with Crippen molar-refractivity contribution < 1.29 is 29.6 Å². The van der Waals surface area contributed by atoms with Crippen molar-refractivity contribution in [1.29, 1.82) is 0 Å². The summed E-state index contributed by atoms with van der Waals surface area (Å²) >= 11 is 0. The standard InChI is InChI=1S/C22H30O6/c23-16(15-28-17-8-4-3-5-9-17)12-13-19-18(20(24)14-21(19)25)10-6-1-2-7-11-22(26)27/h3-5,8-9,12-13,16,18-20,23-24H,1-2,6-7,10-11,14-15H2,(H,26,27)/b13-12+/t16-,18+,19+,20-/m0/s1. The van der Waals surface area contributed by atoms with Gasteiger partial charge in [-0.05, 0) is 30.9 Å². The number of allylic oxidation sites excluding steroid dienone is 1. The van der Waals surface area contributed by atoms with E-state index in [1.54, 1.807) is 24.3 Å². The summed E-state index contributed by atoms with van der Waals surface area (Å²) in [6, 6.07) is 9.19. The Morgan fingerprint density at radius 2 is 1.89 bits per heavy atom. The maximum atomic E-state index is 12.2. The number of rotatable bonds is 12. The molecule has 4 atom stereocenters. The Labute approximate surface area is 165 Å². The maximum absolute atomic E-state index is 12.2. The lowest BCUT2D eigenvalue weighted by Gasteiger charge is -2.19. The molecule has 1 aromatic carbocycles. The van der Waals surface area contributed by atoms with Gasteiger partial charge in [0.2, 0.25) is 0 Å². The summed E-state index contributed by atoms with van der Waals surface area (Å²) < 4.78 is 5.50. The maximum Gasteiger partial charge on any atom is 0.303 e. The van der Waals surface area contributed by atoms with Crippen molar-refractivity contribution in [3.63, 3.8) is 0 Å². The van der Waals surface area contributed by atoms with E-state index in [0.29, 0.717) is 18.6 Å². The van der Waals surface area contributed by atoms with Gasteiger partial charge >= 0.3 is 5.97 Å². The van der Waals surface area contributed by atoms with Gasteiger partial charge in [-0.3, -0.25) is 9.59 Å². The molecule has 0 aliphatic heterocycles. The van der Waals surface area contributed by atoms with Crippen LogP contribution in [0.3, 0.4) is 0 Å². The average molecular weight is 390 g/mol. The number of hydrogen-bond donors (Lipinski definition) is 3. The molecule has 6 nitrogen and oxygen atoms in total. The Bertz CT molecular complexity index is 642. The topological polar surface area (TPSA) is 104 Å². The zero-order valence-electron chi connectivity index (χ0n) is 16.1. The highest BCUT2D eigenvalue weighted by molar-refractivity contribution is 5.85. The lowest BCUT2D eigenvalue weighted by molar-refractivity contribution is -0.137. The van der Waals surface area contributed by atoms with Crippen LogP contribution >= 0.6 is 0 Å². The van der Waals surface area contributed by atoms with E-state index in [9.17, 15) is 19.8 Å². The fourth-order valence-electron chi connectivity index (χ4n) is 3.61. The van der Waals surface area contributed by atoms with Gasteiger partial charge in [0.15, 0.2) is 0 Å². The van der Waals surface area contributed by atoms with Crippen LogP contribution in [0, 0.1) is 11.8 Å². The number of carbonyl (C=O) groups is 2. The largest absolute Gasteiger partial charge is 0.491 e. The number of Topliss-reactive ketones (excluding diaryl/α,β-unsaturated/α-hetero) is 1. The molecule has 1 saturated carbocycles. The average Bonchev–Trinajstić information content (AvgIpc) is 2.94. The van der Waals surface area contributed by atoms with Crippen LogP contribution in [0.25, 0.3) is 0 Å². The van der Waals surface area contributed by atoms with Crippen LogP contribution in [0.2, 0.25) is 0 Å². The molecule has 0 bridgehead atoms. The molecule has 6 heteroatoms. The van der Waals surface area contributed by atoms with Gasteiger partial charge in [0.05, 0.1) is 6.10 Å². The van der Waals surface area contributed by atoms with E-state index in [1.165, 1.54) is 0 Å². The van der Waals surface area contributed by atoms with Gasteiger partial charge in [-0.25, -0.2) is 0 Å². The van der Waals surface area contributed by atoms with Crippen molar-refractivity contribution in [2.45, 2.75) is 57.2 Å². The number of aliphatic hydroxyl groups excluding tert-OH is 2. The van der Waals surface area contributed by atoms with Crippen LogP contribution in [-0.4, -0.2) is 45.9 Å². The second-order valence-corrected chi connectivity index (χ2v) is 7.35. The summed E-state index contributed by atoms with van der Waals surface area (Å²) in [5, 5.41) is 28.9. The zero-order valence-corrected chi connectivity index (χ0v) is 16.1. The molecular weight excluding hydrogens is 360 g/mol. The third-order valence-electron chi connectivity index (χ3n) is 5.12. The summed E-state index contributed by atoms with van der Waals surface area (Å²) in [5.41, 5.74) is 0. The Hall–Kier alpha value is -2.18. The monoisotopic (exact) mass is 390 g/mol. The summed E-state index contributed by atoms with van der Waals surface area (Å²) in [6.07, 6.45) is 6.04. The Kier molecular flexibility index (Phi) is 9.17. The molecule has 0 radical (unpaired) electrons. The molecule has 0 heterocycles. The van der Waals surface area contributed by atoms with Crippen molar-refractivity contribution in [2.24, 2.45) is 11.8 Å². The smallest absolute Gasteiger partial charge is 0.303 e. The number of hydrogen-bond acceptors (Lipinski definition) is 5. The number of aliphatic carboxylic acids is 1. The first kappa shape index (κ1) is 22.1. The molecule has 0 spiro atoms. The lowest BCUT2D eigenvalue weighted by atomic mass is 9.88. The molecule has 28 heavy (non-hydrogen) atoms. The first-order valence-corrected chi connectivity index (χ1v) is 9.94. The van der Waals surface area contributed by atoms with Gasteiger partial charge < -0.3 is 20.1 Å². The zero-order chi connectivity index (χ0) is 20.4. The number of unbranched alkanes of at least 4 members (excludes halogenated alkanes) is 3. The number of para-hydroxylation sites is 1. The van der Waals surface area contributed by atoms with Gasteiger partial charge in [-0.1, -0.05) is 49.6 Å². The first-order chi connectivity index (χ1) is 13.5. The molecule has 0 amide bonds. The third kappa shape index (κ3) is 7.44. The molecule has 1 aromatic rings. The number of ether oxygens (including phenoxy) is 1. The van der Waals surface area contributed by atoms with Gasteiger partial charge in [0.25, 0.3) is 0 Å². The van der Waals surface area contributed by atoms with Crippen LogP contribution in [0.5, 0.6) is 5.75 Å². The molecule has 3 N–H and O–H groups in total. The molecule has 0 unspecified atom stereocenters. The van der Waals surface area contributed by atoms with E-state index in [2.05, 4.69) is 0 Å². The summed E-state index contributed by atoms with van der Waals surface area (Å²) in [7, 11) is 0. The Morgan fingerprint density at radius 1 is 1.18 bits per heavy atom. The molecule has 0 aromatic heterocycles. The van der Waals surface area contributed by atoms with E-state index in [1.807, 2.05) is 18.2 Å². The minimum Gasteiger partial charge on any atom is -0.491 e. The second kappa shape index (κ2) is 11.6. The van der Waals surface area contributed by atoms with Crippen LogP contribution < -0.4 is 4.74 Å². The van der Waals surface area contributed by atoms with Crippen molar-refractivity contribution in [3.8, 4) is 5.75 Å². The first-order valence-electron chi connectivity index (χ1n) is 9.94. The highest BCUT2D eigenvalue weighted by atomic mass is 16.5. The molecule has 2 rings (SSSR count). The fourth-order valence-corrected chi connectivity index (χ4v) is 3.61. The number of aliphatic hydroxyl groups is 2. The molecule has 1 aliphatic carbocycles. The molecular formula is C22H30O6. The summed E-state index contributed by atoms with van der Waals surface area (Å²) in [5.74, 6) is -0.651. The number of carboxylic acids is 1. The van der Waals surface area contributed by atoms with E-state index in [4.69, 9.17) is 9.84 Å². The number of carbonyl (C=O) groups excluding carboxylic acids is 1. The van der Waals surface area contributed by atoms with E-state index in [0.717, 1.165) is 19.3 Å². The van der Waals surface area contributed by atoms with Crippen LogP contribution in [0.1, 0.15) is 44.9 Å². The van der Waals surface area contributed by atoms with Crippen LogP contribution in [0.4, 0.5) is 0 Å². The van der Waals surface area contributed by atoms with Gasteiger partial charge in [0.1, 0.15) is 24.2 Å². The van der Waals surface area contributed by atoms with E-state index < -0.39 is 18.2 Å². The normalized spacial score (nSPS) is 23.2. The molecule has 1 fully saturated rings. The predicted octanol–water partition coefficient (Wildman–Crippen LogP) is 2.97. The quantitative estimate of drug-likeness (QED) is 0.374. The van der Waals surface area contributed by atoms with Crippen molar-refractivity contribution in [1.82, 2.24) is 0 Å². The molecule has 1 aliphatic rings. The molecule has 154 valence electrons. The van der Waals surface area contributed by atoms with E-state index >= 15 is 0 Å². The van der Waals surface area contributed by atoms with Gasteiger partial charge in [-0.2, -0.15) is 0 Å². The number of carboxylic acid groups (broad SMARTS) is 1. The van der Waals surface area contributed by atoms with Crippen LogP contribution in [0.15, 0.2) is 42.5 Å². The SMILES string of the molecule is O=C(O)CCCCCC[C@H]1[C@@H](O)CC(=O)[C@@H]1/C=C/[C@H](O)COc1ccccc1. The van der Waals surface area contributed by atoms with Crippen LogP contribution in [-0.2, 0) is 9.59 Å². The fraction of sp³-hybridized carbons (Fsp3) is 0.545. The second-order valence-electron chi connectivity index (χ2n) is 7.35. The van der Waals surface area contributed by atoms with Gasteiger partial charge in [-0.15, -0.1) is 0 Å².